The van der Waals surface area contributed by atoms with E-state index in [0.29, 0.717) is 29.6 Å². The molecule has 0 aliphatic rings. The Labute approximate surface area is 210 Å². The monoisotopic (exact) mass is 540 g/mol. The number of ether oxygens (including phenoxy) is 1. The van der Waals surface area contributed by atoms with Crippen molar-refractivity contribution in [2.24, 2.45) is 10.9 Å². The highest BCUT2D eigenvalue weighted by Crippen LogP contribution is 2.24. The maximum absolute atomic E-state index is 12.8. The van der Waals surface area contributed by atoms with Gasteiger partial charge in [0, 0.05) is 12.1 Å². The molecule has 196 valence electrons. The zero-order valence-corrected chi connectivity index (χ0v) is 22.0. The molecule has 14 heteroatoms. The van der Waals surface area contributed by atoms with Crippen LogP contribution in [0.5, 0.6) is 11.5 Å². The van der Waals surface area contributed by atoms with Gasteiger partial charge < -0.3 is 15.4 Å². The fraction of sp³-hybridized carbons (Fsp3) is 0.273. The van der Waals surface area contributed by atoms with Crippen LogP contribution >= 0.6 is 0 Å². The molecule has 2 aromatic rings. The largest absolute Gasteiger partial charge is 0.457 e. The average Bonchev–Trinajstić information content (AvgIpc) is 2.75. The van der Waals surface area contributed by atoms with Crippen LogP contribution in [0.25, 0.3) is 6.08 Å². The van der Waals surface area contributed by atoms with E-state index >= 15 is 0 Å². The van der Waals surface area contributed by atoms with Crippen molar-refractivity contribution in [3.05, 3.63) is 65.2 Å². The van der Waals surface area contributed by atoms with Crippen molar-refractivity contribution in [3.63, 3.8) is 0 Å². The van der Waals surface area contributed by atoms with Crippen LogP contribution in [0.1, 0.15) is 18.1 Å². The molecule has 1 amide bonds. The van der Waals surface area contributed by atoms with Gasteiger partial charge in [-0.1, -0.05) is 24.3 Å². The minimum absolute atomic E-state index is 0.0126. The summed E-state index contributed by atoms with van der Waals surface area (Å²) < 4.78 is 60.1. The Balaban J connectivity index is 2.25. The molecule has 0 unspecified atom stereocenters. The zero-order valence-electron chi connectivity index (χ0n) is 20.4. The summed E-state index contributed by atoms with van der Waals surface area (Å²) in [5, 5.41) is 3.16. The van der Waals surface area contributed by atoms with Gasteiger partial charge in [-0.05, 0) is 67.6 Å². The number of hydrogen-bond donors (Lipinski definition) is 1. The van der Waals surface area contributed by atoms with E-state index in [-0.39, 0.29) is 10.6 Å². The Bertz CT molecular complexity index is 1350. The second-order valence-corrected chi connectivity index (χ2v) is 11.1. The van der Waals surface area contributed by atoms with Gasteiger partial charge in [-0.2, -0.15) is 16.8 Å². The van der Waals surface area contributed by atoms with Crippen LogP contribution in [0.4, 0.5) is 0 Å². The molecule has 0 aliphatic heterocycles. The first-order valence-electron chi connectivity index (χ1n) is 10.3. The van der Waals surface area contributed by atoms with Crippen molar-refractivity contribution >= 4 is 38.2 Å². The number of oxime groups is 1. The Hall–Kier alpha value is -3.46. The summed E-state index contributed by atoms with van der Waals surface area (Å²) in [6.07, 6.45) is 2.79. The SMILES string of the molecule is C/C(=C\c1cccc(Oc2ccc(CN(C)C)cc2)c1)C(=O)N(OS(C)(=O)=O)/C(N)=N/OS(C)(=O)=O. The molecule has 2 aromatic carbocycles. The van der Waals surface area contributed by atoms with Crippen LogP contribution in [0.2, 0.25) is 0 Å². The van der Waals surface area contributed by atoms with E-state index in [2.05, 4.69) is 18.6 Å². The Kier molecular flexibility index (Phi) is 9.58. The quantitative estimate of drug-likeness (QED) is 0.204. The molecular weight excluding hydrogens is 512 g/mol. The summed E-state index contributed by atoms with van der Waals surface area (Å²) in [6.45, 7) is 2.17. The second kappa shape index (κ2) is 12.0. The summed E-state index contributed by atoms with van der Waals surface area (Å²) >= 11 is 0. The van der Waals surface area contributed by atoms with Crippen molar-refractivity contribution in [2.75, 3.05) is 26.6 Å². The van der Waals surface area contributed by atoms with Crippen molar-refractivity contribution in [1.29, 1.82) is 0 Å². The fourth-order valence-electron chi connectivity index (χ4n) is 2.76. The Morgan fingerprint density at radius 1 is 1.00 bits per heavy atom. The van der Waals surface area contributed by atoms with Crippen LogP contribution in [0.15, 0.2) is 59.3 Å². The summed E-state index contributed by atoms with van der Waals surface area (Å²) in [5.41, 5.74) is 7.20. The standard InChI is InChI=1S/C22H28N4O8S2/c1-16(21(27)26(34-36(5,30)31)22(23)24-33-35(4,28)29)13-18-7-6-8-20(14-18)32-19-11-9-17(10-12-19)15-25(2)3/h6-14H,15H2,1-5H3,(H2,23,24)/b16-13+. The van der Waals surface area contributed by atoms with Gasteiger partial charge in [-0.25, -0.2) is 0 Å². The number of benzene rings is 2. The number of guanidine groups is 1. The zero-order chi connectivity index (χ0) is 27.1. The van der Waals surface area contributed by atoms with E-state index in [1.807, 2.05) is 38.4 Å². The Morgan fingerprint density at radius 3 is 2.19 bits per heavy atom. The van der Waals surface area contributed by atoms with Crippen LogP contribution < -0.4 is 10.5 Å². The third kappa shape index (κ3) is 10.0. The molecule has 0 aromatic heterocycles. The molecule has 0 saturated heterocycles. The number of nitrogens with zero attached hydrogens (tertiary/aromatic N) is 3. The number of carbonyl (C=O) groups excluding carboxylic acids is 1. The minimum Gasteiger partial charge on any atom is -0.457 e. The number of carbonyl (C=O) groups is 1. The predicted octanol–water partition coefficient (Wildman–Crippen LogP) is 1.87. The third-order valence-electron chi connectivity index (χ3n) is 4.11. The first-order valence-corrected chi connectivity index (χ1v) is 13.9. The molecule has 0 spiro atoms. The van der Waals surface area contributed by atoms with E-state index < -0.39 is 32.1 Å². The first-order chi connectivity index (χ1) is 16.6. The number of rotatable bonds is 10. The molecule has 2 N–H and O–H groups in total. The van der Waals surface area contributed by atoms with Gasteiger partial charge in [-0.3, -0.25) is 9.08 Å². The fourth-order valence-corrected chi connectivity index (χ4v) is 3.38. The molecule has 0 heterocycles. The van der Waals surface area contributed by atoms with Crippen molar-refractivity contribution in [1.82, 2.24) is 9.96 Å². The summed E-state index contributed by atoms with van der Waals surface area (Å²) in [6, 6.07) is 14.4. The highest BCUT2D eigenvalue weighted by molar-refractivity contribution is 7.86. The van der Waals surface area contributed by atoms with Crippen LogP contribution in [-0.2, 0) is 40.1 Å². The molecule has 36 heavy (non-hydrogen) atoms. The van der Waals surface area contributed by atoms with E-state index in [0.717, 1.165) is 12.1 Å². The lowest BCUT2D eigenvalue weighted by Crippen LogP contribution is -2.43. The van der Waals surface area contributed by atoms with Gasteiger partial charge in [0.25, 0.3) is 22.0 Å². The van der Waals surface area contributed by atoms with Gasteiger partial charge >= 0.3 is 10.1 Å². The second-order valence-electron chi connectivity index (χ2n) is 7.99. The van der Waals surface area contributed by atoms with E-state index in [1.165, 1.54) is 13.0 Å². The van der Waals surface area contributed by atoms with Crippen LogP contribution in [0.3, 0.4) is 0 Å². The van der Waals surface area contributed by atoms with Crippen molar-refractivity contribution in [3.8, 4) is 11.5 Å². The third-order valence-corrected chi connectivity index (χ3v) is 4.87. The summed E-state index contributed by atoms with van der Waals surface area (Å²) in [4.78, 5) is 14.9. The lowest BCUT2D eigenvalue weighted by atomic mass is 10.1. The van der Waals surface area contributed by atoms with Gasteiger partial charge in [-0.15, -0.1) is 9.35 Å². The van der Waals surface area contributed by atoms with Gasteiger partial charge in [0.15, 0.2) is 0 Å². The molecular formula is C22H28N4O8S2. The number of nitrogens with two attached hydrogens (primary N) is 1. The summed E-state index contributed by atoms with van der Waals surface area (Å²) in [7, 11) is -4.35. The maximum atomic E-state index is 12.8. The Morgan fingerprint density at radius 2 is 1.64 bits per heavy atom. The molecule has 0 bridgehead atoms. The van der Waals surface area contributed by atoms with Gasteiger partial charge in [0.05, 0.1) is 12.5 Å². The maximum Gasteiger partial charge on any atom is 0.325 e. The normalized spacial score (nSPS) is 12.9. The lowest BCUT2D eigenvalue weighted by Gasteiger charge is -2.18. The van der Waals surface area contributed by atoms with E-state index in [4.69, 9.17) is 10.5 Å². The first kappa shape index (κ1) is 28.8. The molecule has 0 atom stereocenters. The van der Waals surface area contributed by atoms with Crippen LogP contribution in [-0.4, -0.2) is 65.3 Å². The molecule has 0 aliphatic carbocycles. The highest BCUT2D eigenvalue weighted by Gasteiger charge is 2.26. The van der Waals surface area contributed by atoms with Gasteiger partial charge in [0.2, 0.25) is 0 Å². The molecule has 0 fully saturated rings. The van der Waals surface area contributed by atoms with Crippen LogP contribution in [0, 0.1) is 0 Å². The number of hydrogen-bond acceptors (Lipinski definition) is 10. The smallest absolute Gasteiger partial charge is 0.325 e. The lowest BCUT2D eigenvalue weighted by molar-refractivity contribution is -0.139. The van der Waals surface area contributed by atoms with Gasteiger partial charge in [0.1, 0.15) is 11.5 Å². The van der Waals surface area contributed by atoms with E-state index in [1.54, 1.807) is 24.3 Å². The number of amides is 1. The molecule has 0 saturated carbocycles. The van der Waals surface area contributed by atoms with E-state index in [9.17, 15) is 21.6 Å². The summed E-state index contributed by atoms with van der Waals surface area (Å²) in [5.74, 6) is -0.856. The predicted molar refractivity (Wildman–Crippen MR) is 134 cm³/mol. The molecule has 12 nitrogen and oxygen atoms in total. The number of hydroxylamine groups is 2. The topological polar surface area (TPSA) is 158 Å². The minimum atomic E-state index is -4.24. The van der Waals surface area contributed by atoms with Crippen molar-refractivity contribution < 1.29 is 34.9 Å². The average molecular weight is 541 g/mol. The van der Waals surface area contributed by atoms with Crippen molar-refractivity contribution in [2.45, 2.75) is 13.5 Å². The highest BCUT2D eigenvalue weighted by atomic mass is 32.2. The molecule has 2 rings (SSSR count). The molecule has 0 radical (unpaired) electrons.